The third-order valence-corrected chi connectivity index (χ3v) is 4.61. The van der Waals surface area contributed by atoms with Gasteiger partial charge in [-0.25, -0.2) is 9.78 Å². The fourth-order valence-electron chi connectivity index (χ4n) is 3.05. The van der Waals surface area contributed by atoms with E-state index in [0.717, 1.165) is 22.4 Å². The van der Waals surface area contributed by atoms with Gasteiger partial charge in [0, 0.05) is 11.8 Å². The van der Waals surface area contributed by atoms with Gasteiger partial charge in [-0.1, -0.05) is 37.3 Å². The minimum absolute atomic E-state index is 0.346. The van der Waals surface area contributed by atoms with Crippen molar-refractivity contribution in [1.29, 1.82) is 0 Å². The van der Waals surface area contributed by atoms with E-state index < -0.39 is 18.0 Å². The summed E-state index contributed by atoms with van der Waals surface area (Å²) in [5.41, 5.74) is 3.31. The number of benzene rings is 2. The second kappa shape index (κ2) is 8.57. The lowest BCUT2D eigenvalue weighted by atomic mass is 10.2. The molecule has 7 nitrogen and oxygen atoms in total. The van der Waals surface area contributed by atoms with E-state index in [4.69, 9.17) is 4.74 Å². The molecule has 0 spiro atoms. The van der Waals surface area contributed by atoms with Crippen LogP contribution in [0.4, 0.5) is 5.69 Å². The zero-order valence-corrected chi connectivity index (χ0v) is 16.3. The second-order valence-corrected chi connectivity index (χ2v) is 6.72. The van der Waals surface area contributed by atoms with Gasteiger partial charge in [-0.3, -0.25) is 9.78 Å². The Balaban J connectivity index is 1.50. The number of rotatable bonds is 6. The Hall–Kier alpha value is -4.00. The molecule has 1 atom stereocenters. The topological polar surface area (TPSA) is 97.0 Å². The van der Waals surface area contributed by atoms with Gasteiger partial charge in [0.15, 0.2) is 6.10 Å². The number of anilines is 1. The van der Waals surface area contributed by atoms with E-state index >= 15 is 0 Å². The molecule has 0 radical (unpaired) electrons. The number of aromatic nitrogens is 3. The molecule has 4 rings (SSSR count). The van der Waals surface area contributed by atoms with Crippen LogP contribution in [0.3, 0.4) is 0 Å². The van der Waals surface area contributed by atoms with E-state index in [9.17, 15) is 9.59 Å². The first-order chi connectivity index (χ1) is 14.6. The van der Waals surface area contributed by atoms with Crippen molar-refractivity contribution in [2.75, 3.05) is 5.32 Å². The molecule has 30 heavy (non-hydrogen) atoms. The highest BCUT2D eigenvalue weighted by Crippen LogP contribution is 2.21. The maximum Gasteiger partial charge on any atom is 0.338 e. The van der Waals surface area contributed by atoms with Crippen LogP contribution in [0.15, 0.2) is 73.1 Å². The molecular weight excluding hydrogens is 380 g/mol. The zero-order chi connectivity index (χ0) is 20.9. The van der Waals surface area contributed by atoms with Crippen LogP contribution < -0.4 is 5.32 Å². The number of amides is 1. The number of ether oxygens (including phenoxy) is 1. The van der Waals surface area contributed by atoms with Gasteiger partial charge in [0.25, 0.3) is 5.91 Å². The van der Waals surface area contributed by atoms with E-state index in [1.165, 1.54) is 6.20 Å². The SMILES string of the molecule is CCC(OC(=O)c1ccc2nc(-c3ccccc3)[nH]c2c1)C(=O)Nc1cccnc1. The Morgan fingerprint density at radius 1 is 1.10 bits per heavy atom. The van der Waals surface area contributed by atoms with Crippen LogP contribution in [0.1, 0.15) is 23.7 Å². The van der Waals surface area contributed by atoms with Gasteiger partial charge in [0.1, 0.15) is 5.82 Å². The average Bonchev–Trinajstić information content (AvgIpc) is 3.22. The summed E-state index contributed by atoms with van der Waals surface area (Å²) in [5.74, 6) is -0.243. The van der Waals surface area contributed by atoms with E-state index in [0.29, 0.717) is 17.7 Å². The minimum atomic E-state index is -0.907. The number of nitrogens with zero attached hydrogens (tertiary/aromatic N) is 2. The molecule has 2 heterocycles. The van der Waals surface area contributed by atoms with Crippen LogP contribution in [0.5, 0.6) is 0 Å². The highest BCUT2D eigenvalue weighted by atomic mass is 16.5. The molecule has 4 aromatic rings. The van der Waals surface area contributed by atoms with Crippen molar-refractivity contribution in [3.8, 4) is 11.4 Å². The third kappa shape index (κ3) is 4.20. The second-order valence-electron chi connectivity index (χ2n) is 6.72. The van der Waals surface area contributed by atoms with Crippen LogP contribution in [-0.4, -0.2) is 32.9 Å². The smallest absolute Gasteiger partial charge is 0.338 e. The van der Waals surface area contributed by atoms with Crippen LogP contribution in [0.25, 0.3) is 22.4 Å². The number of carbonyl (C=O) groups excluding carboxylic acids is 2. The zero-order valence-electron chi connectivity index (χ0n) is 16.3. The van der Waals surface area contributed by atoms with Gasteiger partial charge >= 0.3 is 5.97 Å². The van der Waals surface area contributed by atoms with E-state index in [1.807, 2.05) is 30.3 Å². The first-order valence-electron chi connectivity index (χ1n) is 9.61. The van der Waals surface area contributed by atoms with Crippen molar-refractivity contribution < 1.29 is 14.3 Å². The molecule has 7 heteroatoms. The standard InChI is InChI=1S/C23H20N4O3/c1-2-20(22(28)25-17-9-6-12-24-14-17)30-23(29)16-10-11-18-19(13-16)27-21(26-18)15-7-4-3-5-8-15/h3-14,20H,2H2,1H3,(H,25,28)(H,26,27). The Morgan fingerprint density at radius 2 is 1.93 bits per heavy atom. The lowest BCUT2D eigenvalue weighted by Crippen LogP contribution is -2.32. The number of carbonyl (C=O) groups is 2. The normalized spacial score (nSPS) is 11.8. The lowest BCUT2D eigenvalue weighted by Gasteiger charge is -2.16. The molecule has 1 unspecified atom stereocenters. The van der Waals surface area contributed by atoms with Crippen molar-refractivity contribution in [1.82, 2.24) is 15.0 Å². The number of hydrogen-bond acceptors (Lipinski definition) is 5. The molecule has 0 bridgehead atoms. The van der Waals surface area contributed by atoms with Gasteiger partial charge in [-0.15, -0.1) is 0 Å². The number of esters is 1. The Morgan fingerprint density at radius 3 is 2.67 bits per heavy atom. The summed E-state index contributed by atoms with van der Waals surface area (Å²) in [6.45, 7) is 1.78. The average molecular weight is 400 g/mol. The summed E-state index contributed by atoms with van der Waals surface area (Å²) in [4.78, 5) is 36.8. The molecule has 0 aliphatic carbocycles. The maximum atomic E-state index is 12.6. The molecule has 0 saturated heterocycles. The largest absolute Gasteiger partial charge is 0.449 e. The van der Waals surface area contributed by atoms with Crippen molar-refractivity contribution in [3.05, 3.63) is 78.6 Å². The Kier molecular flexibility index (Phi) is 5.52. The number of hydrogen-bond donors (Lipinski definition) is 2. The first kappa shape index (κ1) is 19.3. The summed E-state index contributed by atoms with van der Waals surface area (Å²) in [6.07, 6.45) is 2.59. The summed E-state index contributed by atoms with van der Waals surface area (Å²) >= 11 is 0. The summed E-state index contributed by atoms with van der Waals surface area (Å²) in [6, 6.07) is 18.2. The number of fused-ring (bicyclic) bond motifs is 1. The minimum Gasteiger partial charge on any atom is -0.449 e. The Labute approximate surface area is 173 Å². The molecule has 2 aromatic heterocycles. The number of pyridine rings is 1. The number of nitrogens with one attached hydrogen (secondary N) is 2. The molecule has 1 amide bonds. The molecule has 150 valence electrons. The van der Waals surface area contributed by atoms with E-state index in [2.05, 4.69) is 20.3 Å². The molecule has 2 aromatic carbocycles. The monoisotopic (exact) mass is 400 g/mol. The first-order valence-corrected chi connectivity index (χ1v) is 9.61. The Bertz CT molecular complexity index is 1170. The summed E-state index contributed by atoms with van der Waals surface area (Å²) in [7, 11) is 0. The predicted molar refractivity (Wildman–Crippen MR) is 114 cm³/mol. The van der Waals surface area contributed by atoms with Crippen LogP contribution in [0, 0.1) is 0 Å². The number of H-pyrrole nitrogens is 1. The molecule has 2 N–H and O–H groups in total. The molecule has 0 saturated carbocycles. The predicted octanol–water partition coefficient (Wildman–Crippen LogP) is 4.20. The lowest BCUT2D eigenvalue weighted by molar-refractivity contribution is -0.124. The van der Waals surface area contributed by atoms with Gasteiger partial charge in [-0.05, 0) is 36.8 Å². The maximum absolute atomic E-state index is 12.6. The van der Waals surface area contributed by atoms with Crippen molar-refractivity contribution in [2.45, 2.75) is 19.4 Å². The quantitative estimate of drug-likeness (QED) is 0.473. The highest BCUT2D eigenvalue weighted by molar-refractivity contribution is 5.98. The fourth-order valence-corrected chi connectivity index (χ4v) is 3.05. The number of aromatic amines is 1. The molecule has 0 fully saturated rings. The fraction of sp³-hybridized carbons (Fsp3) is 0.130. The van der Waals surface area contributed by atoms with Gasteiger partial charge in [-0.2, -0.15) is 0 Å². The molecule has 0 aliphatic heterocycles. The van der Waals surface area contributed by atoms with E-state index in [-0.39, 0.29) is 0 Å². The van der Waals surface area contributed by atoms with Crippen molar-refractivity contribution >= 4 is 28.6 Å². The van der Waals surface area contributed by atoms with Gasteiger partial charge in [0.2, 0.25) is 0 Å². The third-order valence-electron chi connectivity index (χ3n) is 4.61. The summed E-state index contributed by atoms with van der Waals surface area (Å²) < 4.78 is 5.45. The van der Waals surface area contributed by atoms with E-state index in [1.54, 1.807) is 43.5 Å². The van der Waals surface area contributed by atoms with Gasteiger partial charge in [0.05, 0.1) is 28.5 Å². The summed E-state index contributed by atoms with van der Waals surface area (Å²) in [5, 5.41) is 2.71. The molecule has 0 aliphatic rings. The van der Waals surface area contributed by atoms with Crippen molar-refractivity contribution in [3.63, 3.8) is 0 Å². The van der Waals surface area contributed by atoms with Crippen LogP contribution in [0.2, 0.25) is 0 Å². The number of imidazole rings is 1. The van der Waals surface area contributed by atoms with Crippen LogP contribution >= 0.6 is 0 Å². The van der Waals surface area contributed by atoms with Crippen LogP contribution in [-0.2, 0) is 9.53 Å². The molecular formula is C23H20N4O3. The highest BCUT2D eigenvalue weighted by Gasteiger charge is 2.22. The van der Waals surface area contributed by atoms with Crippen molar-refractivity contribution in [2.24, 2.45) is 0 Å². The van der Waals surface area contributed by atoms with Gasteiger partial charge < -0.3 is 15.0 Å².